The summed E-state index contributed by atoms with van der Waals surface area (Å²) in [7, 11) is 0. The number of terminal acetylenes is 1. The van der Waals surface area contributed by atoms with Crippen LogP contribution >= 0.6 is 0 Å². The summed E-state index contributed by atoms with van der Waals surface area (Å²) >= 11 is 0. The minimum absolute atomic E-state index is 1.01. The van der Waals surface area contributed by atoms with Crippen LogP contribution in [-0.2, 0) is 0 Å². The molecule has 1 heterocycles. The molecule has 1 aromatic heterocycles. The Morgan fingerprint density at radius 3 is 2.90 bits per heavy atom. The number of hydrogen-bond donors (Lipinski definition) is 0. The first-order valence-corrected chi connectivity index (χ1v) is 6.88. The van der Waals surface area contributed by atoms with Gasteiger partial charge in [-0.3, -0.25) is 4.98 Å². The molecule has 1 aromatic rings. The quantitative estimate of drug-likeness (QED) is 0.567. The van der Waals surface area contributed by atoms with Gasteiger partial charge in [-0.2, -0.15) is 0 Å². The normalized spacial score (nSPS) is 15.2. The Kier molecular flexibility index (Phi) is 4.74. The van der Waals surface area contributed by atoms with Crippen molar-refractivity contribution in [2.24, 2.45) is 0 Å². The molecule has 0 radical (unpaired) electrons. The Labute approximate surface area is 121 Å². The predicted molar refractivity (Wildman–Crippen MR) is 86.9 cm³/mol. The number of aromatic nitrogens is 1. The summed E-state index contributed by atoms with van der Waals surface area (Å²) in [5.74, 6) is 2.61. The summed E-state index contributed by atoms with van der Waals surface area (Å²) in [4.78, 5) is 4.66. The van der Waals surface area contributed by atoms with Crippen molar-refractivity contribution < 1.29 is 0 Å². The van der Waals surface area contributed by atoms with Crippen molar-refractivity contribution in [3.05, 3.63) is 65.5 Å². The van der Waals surface area contributed by atoms with Gasteiger partial charge in [-0.1, -0.05) is 36.3 Å². The van der Waals surface area contributed by atoms with E-state index in [1.165, 1.54) is 5.57 Å². The minimum Gasteiger partial charge on any atom is -0.253 e. The lowest BCUT2D eigenvalue weighted by Crippen LogP contribution is -1.96. The van der Waals surface area contributed by atoms with Gasteiger partial charge in [0.1, 0.15) is 0 Å². The first-order chi connectivity index (χ1) is 9.74. The third-order valence-corrected chi connectivity index (χ3v) is 3.21. The maximum Gasteiger partial charge on any atom is 0.0671 e. The van der Waals surface area contributed by atoms with Crippen LogP contribution in [0.2, 0.25) is 0 Å². The minimum atomic E-state index is 1.01. The van der Waals surface area contributed by atoms with Gasteiger partial charge in [0.05, 0.1) is 5.69 Å². The first-order valence-electron chi connectivity index (χ1n) is 6.88. The number of allylic oxidation sites excluding steroid dienone is 8. The molecule has 0 saturated carbocycles. The average molecular weight is 261 g/mol. The van der Waals surface area contributed by atoms with Crippen LogP contribution in [0.25, 0.3) is 11.1 Å². The highest BCUT2D eigenvalue weighted by atomic mass is 14.7. The van der Waals surface area contributed by atoms with Crippen molar-refractivity contribution in [3.63, 3.8) is 0 Å². The molecule has 0 bridgehead atoms. The van der Waals surface area contributed by atoms with E-state index >= 15 is 0 Å². The van der Waals surface area contributed by atoms with Crippen LogP contribution in [0.15, 0.2) is 48.6 Å². The largest absolute Gasteiger partial charge is 0.253 e. The van der Waals surface area contributed by atoms with Gasteiger partial charge in [0.15, 0.2) is 0 Å². The molecular formula is C19H19N. The molecule has 0 aromatic carbocycles. The molecule has 0 spiro atoms. The topological polar surface area (TPSA) is 12.9 Å². The van der Waals surface area contributed by atoms with Gasteiger partial charge in [-0.05, 0) is 61.6 Å². The van der Waals surface area contributed by atoms with E-state index in [9.17, 15) is 0 Å². The van der Waals surface area contributed by atoms with Crippen LogP contribution in [-0.4, -0.2) is 4.98 Å². The Bertz CT molecular complexity index is 649. The van der Waals surface area contributed by atoms with Crippen LogP contribution in [0.4, 0.5) is 0 Å². The third-order valence-electron chi connectivity index (χ3n) is 3.21. The summed E-state index contributed by atoms with van der Waals surface area (Å²) < 4.78 is 0. The van der Waals surface area contributed by atoms with E-state index in [0.717, 1.165) is 35.4 Å². The summed E-state index contributed by atoms with van der Waals surface area (Å²) in [6, 6.07) is 4.20. The smallest absolute Gasteiger partial charge is 0.0671 e. The van der Waals surface area contributed by atoms with E-state index in [4.69, 9.17) is 6.42 Å². The highest BCUT2D eigenvalue weighted by Crippen LogP contribution is 2.26. The van der Waals surface area contributed by atoms with E-state index in [-0.39, 0.29) is 0 Å². The van der Waals surface area contributed by atoms with Crippen molar-refractivity contribution in [2.75, 3.05) is 0 Å². The zero-order valence-corrected chi connectivity index (χ0v) is 12.1. The molecule has 1 heteroatoms. The molecule has 20 heavy (non-hydrogen) atoms. The van der Waals surface area contributed by atoms with Gasteiger partial charge in [0, 0.05) is 5.69 Å². The van der Waals surface area contributed by atoms with Gasteiger partial charge in [-0.25, -0.2) is 0 Å². The van der Waals surface area contributed by atoms with E-state index in [1.54, 1.807) is 6.08 Å². The Balaban J connectivity index is 2.48. The molecule has 0 atom stereocenters. The molecule has 1 aliphatic rings. The van der Waals surface area contributed by atoms with Crippen LogP contribution in [0.5, 0.6) is 0 Å². The van der Waals surface area contributed by atoms with Gasteiger partial charge < -0.3 is 0 Å². The highest BCUT2D eigenvalue weighted by Gasteiger charge is 2.08. The van der Waals surface area contributed by atoms with Gasteiger partial charge in [-0.15, -0.1) is 6.42 Å². The van der Waals surface area contributed by atoms with Crippen LogP contribution in [0.3, 0.4) is 0 Å². The Hall–Kier alpha value is -2.33. The second kappa shape index (κ2) is 6.73. The fourth-order valence-electron chi connectivity index (χ4n) is 2.31. The number of rotatable bonds is 3. The maximum absolute atomic E-state index is 5.42. The molecule has 100 valence electrons. The first kappa shape index (κ1) is 14.1. The predicted octanol–water partition coefficient (Wildman–Crippen LogP) is 4.72. The molecule has 0 saturated heterocycles. The van der Waals surface area contributed by atoms with Crippen LogP contribution < -0.4 is 0 Å². The van der Waals surface area contributed by atoms with E-state index in [0.29, 0.717) is 0 Å². The van der Waals surface area contributed by atoms with E-state index in [2.05, 4.69) is 41.3 Å². The standard InChI is InChI=1S/C19H19N/c1-4-9-16(10-5-2)18-13-15(3)20-19(14-18)17-11-7-6-8-12-17/h1,5-7,9-11,13-14H,8,12H2,2-3H3/b10-5-,16-9+. The number of nitrogens with zero attached hydrogens (tertiary/aromatic N) is 1. The summed E-state index contributed by atoms with van der Waals surface area (Å²) in [6.45, 7) is 4.02. The molecule has 0 aliphatic heterocycles. The second-order valence-corrected chi connectivity index (χ2v) is 4.81. The molecule has 0 fully saturated rings. The zero-order chi connectivity index (χ0) is 14.4. The third kappa shape index (κ3) is 3.36. The van der Waals surface area contributed by atoms with E-state index < -0.39 is 0 Å². The monoisotopic (exact) mass is 261 g/mol. The summed E-state index contributed by atoms with van der Waals surface area (Å²) in [6.07, 6.45) is 19.8. The maximum atomic E-state index is 5.42. The fraction of sp³-hybridized carbons (Fsp3) is 0.211. The number of aryl methyl sites for hydroxylation is 1. The zero-order valence-electron chi connectivity index (χ0n) is 12.1. The molecule has 1 aliphatic carbocycles. The van der Waals surface area contributed by atoms with Gasteiger partial charge in [0.2, 0.25) is 0 Å². The summed E-state index contributed by atoms with van der Waals surface area (Å²) in [5, 5.41) is 0. The highest BCUT2D eigenvalue weighted by molar-refractivity contribution is 5.78. The van der Waals surface area contributed by atoms with Gasteiger partial charge in [0.25, 0.3) is 0 Å². The molecule has 2 rings (SSSR count). The molecule has 0 N–H and O–H groups in total. The molecule has 0 unspecified atom stereocenters. The van der Waals surface area contributed by atoms with Crippen molar-refractivity contribution in [1.29, 1.82) is 0 Å². The van der Waals surface area contributed by atoms with Crippen molar-refractivity contribution >= 4 is 11.1 Å². The van der Waals surface area contributed by atoms with Crippen molar-refractivity contribution in [3.8, 4) is 12.3 Å². The Morgan fingerprint density at radius 1 is 1.40 bits per heavy atom. The SMILES string of the molecule is C#C/C=C(\C=C/C)c1cc(C)nc(C2=CC=CCC2)c1. The van der Waals surface area contributed by atoms with E-state index in [1.807, 2.05) is 26.0 Å². The van der Waals surface area contributed by atoms with Crippen LogP contribution in [0.1, 0.15) is 36.7 Å². The van der Waals surface area contributed by atoms with Gasteiger partial charge >= 0.3 is 0 Å². The Morgan fingerprint density at radius 2 is 2.25 bits per heavy atom. The lowest BCUT2D eigenvalue weighted by Gasteiger charge is -2.12. The lowest BCUT2D eigenvalue weighted by molar-refractivity contribution is 1.03. The van der Waals surface area contributed by atoms with Crippen molar-refractivity contribution in [2.45, 2.75) is 26.7 Å². The lowest BCUT2D eigenvalue weighted by atomic mass is 9.97. The number of pyridine rings is 1. The van der Waals surface area contributed by atoms with Crippen molar-refractivity contribution in [1.82, 2.24) is 4.98 Å². The molecule has 0 amide bonds. The average Bonchev–Trinajstić information content (AvgIpc) is 2.47. The molecule has 1 nitrogen and oxygen atoms in total. The fourth-order valence-corrected chi connectivity index (χ4v) is 2.31. The number of hydrogen-bond acceptors (Lipinski definition) is 1. The second-order valence-electron chi connectivity index (χ2n) is 4.81. The van der Waals surface area contributed by atoms with Crippen LogP contribution in [0, 0.1) is 19.3 Å². The molecular weight excluding hydrogens is 242 g/mol. The summed E-state index contributed by atoms with van der Waals surface area (Å²) in [5.41, 5.74) is 5.53.